The number of carboxylic acid groups (broad SMARTS) is 1. The Labute approximate surface area is 134 Å². The number of halogens is 3. The molecule has 0 heterocycles. The Kier molecular flexibility index (Phi) is 6.15. The first-order chi connectivity index (χ1) is 10.9. The van der Waals surface area contributed by atoms with E-state index in [1.165, 1.54) is 6.92 Å². The first-order valence-electron chi connectivity index (χ1n) is 6.28. The van der Waals surface area contributed by atoms with Crippen molar-refractivity contribution in [1.29, 1.82) is 0 Å². The van der Waals surface area contributed by atoms with Gasteiger partial charge in [0.25, 0.3) is 0 Å². The number of carboxylic acids is 1. The van der Waals surface area contributed by atoms with Gasteiger partial charge in [-0.15, -0.1) is 13.2 Å². The maximum atomic E-state index is 12.0. The van der Waals surface area contributed by atoms with Crippen LogP contribution < -0.4 is 14.8 Å². The summed E-state index contributed by atoms with van der Waals surface area (Å²) < 4.78 is 65.3. The standard InChI is InChI=1S/C12H13F3N2O6S/c1-7(11(19)20)17-10(18)6-16-24(21,22)9-4-2-8(3-5-9)23-12(13,14)15/h2-5,7,16H,6H2,1H3,(H,17,18)(H,19,20)/t7-/m0/s1. The van der Waals surface area contributed by atoms with Crippen molar-refractivity contribution in [2.24, 2.45) is 0 Å². The van der Waals surface area contributed by atoms with Crippen LogP contribution in [0.4, 0.5) is 13.2 Å². The first kappa shape index (κ1) is 19.7. The van der Waals surface area contributed by atoms with Crippen LogP contribution in [0.2, 0.25) is 0 Å². The molecule has 24 heavy (non-hydrogen) atoms. The molecule has 0 aliphatic heterocycles. The van der Waals surface area contributed by atoms with Gasteiger partial charge in [0.2, 0.25) is 15.9 Å². The molecule has 0 spiro atoms. The zero-order chi connectivity index (χ0) is 18.5. The summed E-state index contributed by atoms with van der Waals surface area (Å²) in [5.41, 5.74) is 0. The molecule has 0 unspecified atom stereocenters. The van der Waals surface area contributed by atoms with Crippen LogP contribution in [0, 0.1) is 0 Å². The molecule has 0 aliphatic carbocycles. The van der Waals surface area contributed by atoms with Gasteiger partial charge in [0.1, 0.15) is 11.8 Å². The fraction of sp³-hybridized carbons (Fsp3) is 0.333. The number of benzene rings is 1. The van der Waals surface area contributed by atoms with E-state index >= 15 is 0 Å². The summed E-state index contributed by atoms with van der Waals surface area (Å²) in [7, 11) is -4.17. The minimum absolute atomic E-state index is 0.392. The van der Waals surface area contributed by atoms with E-state index in [1.807, 2.05) is 10.0 Å². The number of carbonyl (C=O) groups excluding carboxylic acids is 1. The van der Waals surface area contributed by atoms with Gasteiger partial charge in [-0.25, -0.2) is 13.1 Å². The number of alkyl halides is 3. The Balaban J connectivity index is 2.68. The summed E-state index contributed by atoms with van der Waals surface area (Å²) in [5.74, 6) is -2.79. The highest BCUT2D eigenvalue weighted by atomic mass is 32.2. The number of rotatable bonds is 7. The molecule has 0 aliphatic rings. The summed E-state index contributed by atoms with van der Waals surface area (Å²) in [6.45, 7) is 0.453. The highest BCUT2D eigenvalue weighted by molar-refractivity contribution is 7.89. The molecule has 0 radical (unpaired) electrons. The van der Waals surface area contributed by atoms with Crippen LogP contribution in [0.15, 0.2) is 29.2 Å². The molecule has 1 atom stereocenters. The molecule has 1 rings (SSSR count). The molecule has 1 aromatic rings. The second kappa shape index (κ2) is 7.49. The van der Waals surface area contributed by atoms with E-state index in [0.29, 0.717) is 0 Å². The van der Waals surface area contributed by atoms with Crippen molar-refractivity contribution in [3.8, 4) is 5.75 Å². The third-order valence-corrected chi connectivity index (χ3v) is 3.96. The van der Waals surface area contributed by atoms with E-state index in [4.69, 9.17) is 5.11 Å². The van der Waals surface area contributed by atoms with Gasteiger partial charge in [-0.2, -0.15) is 0 Å². The molecule has 1 amide bonds. The number of amides is 1. The van der Waals surface area contributed by atoms with Gasteiger partial charge in [0, 0.05) is 0 Å². The van der Waals surface area contributed by atoms with Crippen molar-refractivity contribution in [2.75, 3.05) is 6.54 Å². The Bertz CT molecular complexity index is 702. The maximum Gasteiger partial charge on any atom is 0.573 e. The van der Waals surface area contributed by atoms with E-state index in [2.05, 4.69) is 4.74 Å². The summed E-state index contributed by atoms with van der Waals surface area (Å²) in [6, 6.07) is 2.12. The average molecular weight is 370 g/mol. The average Bonchev–Trinajstić information content (AvgIpc) is 2.44. The molecule has 0 bridgehead atoms. The van der Waals surface area contributed by atoms with E-state index < -0.39 is 51.5 Å². The van der Waals surface area contributed by atoms with Crippen LogP contribution in [0.1, 0.15) is 6.92 Å². The molecular formula is C12H13F3N2O6S. The van der Waals surface area contributed by atoms with Crippen LogP contribution in [-0.2, 0) is 19.6 Å². The van der Waals surface area contributed by atoms with Crippen molar-refractivity contribution in [1.82, 2.24) is 10.0 Å². The molecule has 8 nitrogen and oxygen atoms in total. The highest BCUT2D eigenvalue weighted by Crippen LogP contribution is 2.23. The van der Waals surface area contributed by atoms with Crippen LogP contribution in [-0.4, -0.2) is 44.3 Å². The second-order valence-corrected chi connectivity index (χ2v) is 6.24. The number of nitrogens with one attached hydrogen (secondary N) is 2. The summed E-state index contributed by atoms with van der Waals surface area (Å²) in [4.78, 5) is 21.6. The summed E-state index contributed by atoms with van der Waals surface area (Å²) in [5, 5.41) is 10.6. The summed E-state index contributed by atoms with van der Waals surface area (Å²) in [6.07, 6.45) is -4.91. The minimum atomic E-state index is -4.91. The number of aliphatic carboxylic acids is 1. The molecule has 1 aromatic carbocycles. The van der Waals surface area contributed by atoms with Crippen molar-refractivity contribution in [2.45, 2.75) is 24.2 Å². The molecular weight excluding hydrogens is 357 g/mol. The quantitative estimate of drug-likeness (QED) is 0.641. The fourth-order valence-electron chi connectivity index (χ4n) is 1.42. The van der Waals surface area contributed by atoms with E-state index in [-0.39, 0.29) is 0 Å². The van der Waals surface area contributed by atoms with E-state index in [1.54, 1.807) is 0 Å². The molecule has 0 saturated carbocycles. The Hall–Kier alpha value is -2.34. The van der Waals surface area contributed by atoms with Crippen molar-refractivity contribution in [3.63, 3.8) is 0 Å². The molecule has 3 N–H and O–H groups in total. The van der Waals surface area contributed by atoms with Gasteiger partial charge < -0.3 is 15.2 Å². The Morgan fingerprint density at radius 2 is 1.79 bits per heavy atom. The van der Waals surface area contributed by atoms with Crippen LogP contribution in [0.25, 0.3) is 0 Å². The summed E-state index contributed by atoms with van der Waals surface area (Å²) >= 11 is 0. The number of sulfonamides is 1. The minimum Gasteiger partial charge on any atom is -0.480 e. The number of carbonyl (C=O) groups is 2. The monoisotopic (exact) mass is 370 g/mol. The largest absolute Gasteiger partial charge is 0.573 e. The van der Waals surface area contributed by atoms with Gasteiger partial charge in [-0.1, -0.05) is 0 Å². The zero-order valence-corrected chi connectivity index (χ0v) is 12.9. The zero-order valence-electron chi connectivity index (χ0n) is 12.1. The van der Waals surface area contributed by atoms with Crippen LogP contribution in [0.5, 0.6) is 5.75 Å². The van der Waals surface area contributed by atoms with Gasteiger partial charge in [0.15, 0.2) is 0 Å². The normalized spacial score (nSPS) is 13.2. The predicted octanol–water partition coefficient (Wildman–Crippen LogP) is 0.453. The number of hydrogen-bond donors (Lipinski definition) is 3. The van der Waals surface area contributed by atoms with Gasteiger partial charge in [-0.3, -0.25) is 9.59 Å². The lowest BCUT2D eigenvalue weighted by Gasteiger charge is -2.11. The van der Waals surface area contributed by atoms with Gasteiger partial charge in [-0.05, 0) is 31.2 Å². The Morgan fingerprint density at radius 1 is 1.25 bits per heavy atom. The number of hydrogen-bond acceptors (Lipinski definition) is 5. The topological polar surface area (TPSA) is 122 Å². The van der Waals surface area contributed by atoms with Crippen LogP contribution in [0.3, 0.4) is 0 Å². The lowest BCUT2D eigenvalue weighted by Crippen LogP contribution is -2.43. The highest BCUT2D eigenvalue weighted by Gasteiger charge is 2.31. The van der Waals surface area contributed by atoms with Crippen molar-refractivity contribution >= 4 is 21.9 Å². The van der Waals surface area contributed by atoms with E-state index in [9.17, 15) is 31.2 Å². The third kappa shape index (κ3) is 6.42. The fourth-order valence-corrected chi connectivity index (χ4v) is 2.40. The molecule has 12 heteroatoms. The van der Waals surface area contributed by atoms with Crippen LogP contribution >= 0.6 is 0 Å². The molecule has 134 valence electrons. The smallest absolute Gasteiger partial charge is 0.480 e. The lowest BCUT2D eigenvalue weighted by molar-refractivity contribution is -0.274. The molecule has 0 aromatic heterocycles. The number of ether oxygens (including phenoxy) is 1. The lowest BCUT2D eigenvalue weighted by atomic mass is 10.3. The first-order valence-corrected chi connectivity index (χ1v) is 7.76. The van der Waals surface area contributed by atoms with E-state index in [0.717, 1.165) is 24.3 Å². The second-order valence-electron chi connectivity index (χ2n) is 4.47. The molecule has 0 fully saturated rings. The maximum absolute atomic E-state index is 12.0. The van der Waals surface area contributed by atoms with Crippen molar-refractivity contribution < 1.29 is 41.0 Å². The third-order valence-electron chi connectivity index (χ3n) is 2.54. The van der Waals surface area contributed by atoms with Gasteiger partial charge >= 0.3 is 12.3 Å². The van der Waals surface area contributed by atoms with Crippen molar-refractivity contribution in [3.05, 3.63) is 24.3 Å². The molecule has 0 saturated heterocycles. The van der Waals surface area contributed by atoms with Gasteiger partial charge in [0.05, 0.1) is 11.4 Å². The SMILES string of the molecule is C[C@H](NC(=O)CNS(=O)(=O)c1ccc(OC(F)(F)F)cc1)C(=O)O. The Morgan fingerprint density at radius 3 is 2.25 bits per heavy atom. The predicted molar refractivity (Wildman–Crippen MR) is 73.6 cm³/mol.